The molecule has 0 bridgehead atoms. The number of primary amides is 1. The van der Waals surface area contributed by atoms with E-state index < -0.39 is 18.1 Å². The molecular weight excluding hydrogens is 475 g/mol. The van der Waals surface area contributed by atoms with Crippen LogP contribution in [0.3, 0.4) is 0 Å². The first-order chi connectivity index (χ1) is 16.6. The molecule has 0 aliphatic carbocycles. The van der Waals surface area contributed by atoms with Crippen LogP contribution in [0, 0.1) is 11.8 Å². The van der Waals surface area contributed by atoms with Crippen molar-refractivity contribution in [1.29, 1.82) is 0 Å². The number of carboxylic acid groups (broad SMARTS) is 1. The van der Waals surface area contributed by atoms with Gasteiger partial charge in [0.2, 0.25) is 5.91 Å². The van der Waals surface area contributed by atoms with E-state index in [-0.39, 0.29) is 23.6 Å². The number of carbonyl (C=O) groups excluding carboxylic acids is 2. The van der Waals surface area contributed by atoms with Crippen LogP contribution in [0.25, 0.3) is 0 Å². The van der Waals surface area contributed by atoms with Crippen molar-refractivity contribution in [2.45, 2.75) is 44.3 Å². The highest BCUT2D eigenvalue weighted by molar-refractivity contribution is 5.91. The van der Waals surface area contributed by atoms with Gasteiger partial charge in [0.1, 0.15) is 17.8 Å². The highest BCUT2D eigenvalue weighted by Crippen LogP contribution is 2.32. The zero-order chi connectivity index (χ0) is 25.6. The summed E-state index contributed by atoms with van der Waals surface area (Å²) in [5, 5.41) is 8.77. The van der Waals surface area contributed by atoms with Crippen LogP contribution < -0.4 is 10.6 Å². The van der Waals surface area contributed by atoms with Crippen LogP contribution in [0.1, 0.15) is 42.6 Å². The second-order valence-corrected chi connectivity index (χ2v) is 8.52. The smallest absolute Gasteiger partial charge is 0.475 e. The lowest BCUT2D eigenvalue weighted by atomic mass is 9.90. The molecule has 35 heavy (non-hydrogen) atoms. The summed E-state index contributed by atoms with van der Waals surface area (Å²) in [7, 11) is 0. The molecule has 2 unspecified atom stereocenters. The van der Waals surface area contributed by atoms with Crippen molar-refractivity contribution < 1.29 is 42.2 Å². The summed E-state index contributed by atoms with van der Waals surface area (Å²) < 4.78 is 37.3. The molecule has 1 aromatic heterocycles. The standard InChI is InChI=1S/C19H27N5O4.C2HF3O2/c20-18(25)15-10-17(22-12-21-15)23-6-3-13(4-7-23)19(26)24-16(5-9-28-24)14-2-1-8-27-11-14;3-2(4,5)1(6)7/h10,12-14,16H,1-9,11H2,(H2,20,25);(H,6,7). The summed E-state index contributed by atoms with van der Waals surface area (Å²) in [6.07, 6.45) is 0.738. The number of hydrogen-bond acceptors (Lipinski definition) is 8. The zero-order valence-corrected chi connectivity index (χ0v) is 18.9. The molecule has 11 nitrogen and oxygen atoms in total. The maximum atomic E-state index is 13.1. The van der Waals surface area contributed by atoms with Gasteiger partial charge in [-0.25, -0.2) is 19.8 Å². The monoisotopic (exact) mass is 503 g/mol. The van der Waals surface area contributed by atoms with E-state index in [0.29, 0.717) is 38.0 Å². The summed E-state index contributed by atoms with van der Waals surface area (Å²) in [6, 6.07) is 1.73. The molecule has 0 spiro atoms. The highest BCUT2D eigenvalue weighted by atomic mass is 19.4. The number of nitrogens with two attached hydrogens (primary N) is 1. The van der Waals surface area contributed by atoms with Gasteiger partial charge in [0, 0.05) is 37.6 Å². The second kappa shape index (κ2) is 11.6. The quantitative estimate of drug-likeness (QED) is 0.622. The van der Waals surface area contributed by atoms with Crippen LogP contribution in [0.2, 0.25) is 0 Å². The Morgan fingerprint density at radius 2 is 1.77 bits per heavy atom. The summed E-state index contributed by atoms with van der Waals surface area (Å²) >= 11 is 0. The van der Waals surface area contributed by atoms with Crippen LogP contribution in [0.15, 0.2) is 12.4 Å². The lowest BCUT2D eigenvalue weighted by Gasteiger charge is -2.36. The van der Waals surface area contributed by atoms with Crippen molar-refractivity contribution in [3.05, 3.63) is 18.1 Å². The van der Waals surface area contributed by atoms with Crippen molar-refractivity contribution >= 4 is 23.6 Å². The third-order valence-corrected chi connectivity index (χ3v) is 6.22. The molecule has 0 radical (unpaired) electrons. The Balaban J connectivity index is 0.000000429. The fraction of sp³-hybridized carbons (Fsp3) is 0.667. The average molecular weight is 503 g/mol. The molecule has 2 atom stereocenters. The Bertz CT molecular complexity index is 904. The normalized spacial score (nSPS) is 23.4. The van der Waals surface area contributed by atoms with Crippen LogP contribution in [-0.2, 0) is 19.2 Å². The van der Waals surface area contributed by atoms with Crippen molar-refractivity contribution in [3.8, 4) is 0 Å². The lowest BCUT2D eigenvalue weighted by Crippen LogP contribution is -2.47. The maximum Gasteiger partial charge on any atom is 0.490 e. The fourth-order valence-corrected chi connectivity index (χ4v) is 4.40. The number of rotatable bonds is 4. The molecule has 3 aliphatic heterocycles. The van der Waals surface area contributed by atoms with Crippen LogP contribution >= 0.6 is 0 Å². The highest BCUT2D eigenvalue weighted by Gasteiger charge is 2.40. The number of nitrogens with zero attached hydrogens (tertiary/aromatic N) is 4. The van der Waals surface area contributed by atoms with E-state index in [0.717, 1.165) is 38.7 Å². The van der Waals surface area contributed by atoms with Gasteiger partial charge in [-0.2, -0.15) is 13.2 Å². The number of amides is 2. The Morgan fingerprint density at radius 3 is 2.34 bits per heavy atom. The van der Waals surface area contributed by atoms with E-state index in [2.05, 4.69) is 14.9 Å². The van der Waals surface area contributed by atoms with Crippen molar-refractivity contribution in [2.24, 2.45) is 17.6 Å². The SMILES string of the molecule is NC(=O)c1cc(N2CCC(C(=O)N3OCCC3C3CCCOC3)CC2)ncn1.O=C(O)C(F)(F)F. The number of anilines is 1. The number of hydroxylamine groups is 2. The number of ether oxygens (including phenoxy) is 1. The summed E-state index contributed by atoms with van der Waals surface area (Å²) in [4.78, 5) is 49.2. The number of aliphatic carboxylic acids is 1. The molecule has 3 fully saturated rings. The minimum atomic E-state index is -5.08. The number of carbonyl (C=O) groups is 3. The van der Waals surface area contributed by atoms with Crippen molar-refractivity contribution in [3.63, 3.8) is 0 Å². The topological polar surface area (TPSA) is 148 Å². The molecule has 3 aliphatic rings. The van der Waals surface area contributed by atoms with Gasteiger partial charge < -0.3 is 20.5 Å². The van der Waals surface area contributed by atoms with Gasteiger partial charge in [-0.05, 0) is 32.1 Å². The summed E-state index contributed by atoms with van der Waals surface area (Å²) in [5.74, 6) is -2.25. The summed E-state index contributed by atoms with van der Waals surface area (Å²) in [5.41, 5.74) is 5.50. The minimum Gasteiger partial charge on any atom is -0.475 e. The molecule has 3 N–H and O–H groups in total. The van der Waals surface area contributed by atoms with Gasteiger partial charge in [-0.1, -0.05) is 0 Å². The van der Waals surface area contributed by atoms with E-state index in [1.807, 2.05) is 0 Å². The molecule has 4 rings (SSSR count). The first-order valence-electron chi connectivity index (χ1n) is 11.3. The van der Waals surface area contributed by atoms with E-state index in [9.17, 15) is 22.8 Å². The Kier molecular flexibility index (Phi) is 8.83. The van der Waals surface area contributed by atoms with Crippen molar-refractivity contribution in [2.75, 3.05) is 37.8 Å². The van der Waals surface area contributed by atoms with E-state index in [1.54, 1.807) is 11.1 Å². The number of halogens is 3. The molecule has 2 amide bonds. The van der Waals surface area contributed by atoms with Gasteiger partial charge in [0.25, 0.3) is 5.91 Å². The van der Waals surface area contributed by atoms with Gasteiger partial charge in [0.05, 0.1) is 19.3 Å². The number of carboxylic acids is 1. The predicted octanol–water partition coefficient (Wildman–Crippen LogP) is 1.38. The van der Waals surface area contributed by atoms with Gasteiger partial charge in [-0.3, -0.25) is 14.4 Å². The number of alkyl halides is 3. The van der Waals surface area contributed by atoms with Crippen LogP contribution in [0.5, 0.6) is 0 Å². The van der Waals surface area contributed by atoms with E-state index >= 15 is 0 Å². The minimum absolute atomic E-state index is 0.0567. The Hall–Kier alpha value is -3.00. The first kappa shape index (κ1) is 26.6. The number of aromatic nitrogens is 2. The van der Waals surface area contributed by atoms with Crippen molar-refractivity contribution in [1.82, 2.24) is 15.0 Å². The lowest BCUT2D eigenvalue weighted by molar-refractivity contribution is -0.192. The summed E-state index contributed by atoms with van der Waals surface area (Å²) in [6.45, 7) is 3.51. The molecular formula is C21H28F3N5O6. The largest absolute Gasteiger partial charge is 0.490 e. The number of hydrogen-bond donors (Lipinski definition) is 2. The molecule has 3 saturated heterocycles. The molecule has 14 heteroatoms. The second-order valence-electron chi connectivity index (χ2n) is 8.52. The zero-order valence-electron chi connectivity index (χ0n) is 18.9. The third kappa shape index (κ3) is 7.01. The first-order valence-corrected chi connectivity index (χ1v) is 11.3. The average Bonchev–Trinajstić information content (AvgIpc) is 3.34. The molecule has 1 aromatic rings. The van der Waals surface area contributed by atoms with Gasteiger partial charge in [-0.15, -0.1) is 0 Å². The fourth-order valence-electron chi connectivity index (χ4n) is 4.40. The molecule has 0 aromatic carbocycles. The Labute approximate surface area is 199 Å². The van der Waals surface area contributed by atoms with Crippen LogP contribution in [0.4, 0.5) is 19.0 Å². The Morgan fingerprint density at radius 1 is 1.09 bits per heavy atom. The molecule has 4 heterocycles. The maximum absolute atomic E-state index is 13.1. The predicted molar refractivity (Wildman–Crippen MR) is 114 cm³/mol. The van der Waals surface area contributed by atoms with E-state index in [4.69, 9.17) is 25.2 Å². The third-order valence-electron chi connectivity index (χ3n) is 6.22. The van der Waals surface area contributed by atoms with Crippen LogP contribution in [-0.4, -0.2) is 83.0 Å². The van der Waals surface area contributed by atoms with Gasteiger partial charge in [0.15, 0.2) is 0 Å². The molecule has 0 saturated carbocycles. The van der Waals surface area contributed by atoms with Gasteiger partial charge >= 0.3 is 12.1 Å². The molecule has 194 valence electrons. The number of piperidine rings is 1. The van der Waals surface area contributed by atoms with E-state index in [1.165, 1.54) is 6.33 Å².